The summed E-state index contributed by atoms with van der Waals surface area (Å²) in [5.74, 6) is 1.00. The summed E-state index contributed by atoms with van der Waals surface area (Å²) < 4.78 is 6.94. The molecule has 1 atom stereocenters. The van der Waals surface area contributed by atoms with E-state index in [1.165, 1.54) is 48.5 Å². The first-order chi connectivity index (χ1) is 15.3. The summed E-state index contributed by atoms with van der Waals surface area (Å²) in [4.78, 5) is 22.5. The van der Waals surface area contributed by atoms with E-state index in [9.17, 15) is 4.79 Å². The number of nitrogens with zero attached hydrogens (tertiary/aromatic N) is 3. The molecule has 2 fully saturated rings. The molecule has 1 aromatic carbocycles. The molecule has 1 aromatic heterocycles. The van der Waals surface area contributed by atoms with Crippen molar-refractivity contribution >= 4 is 33.3 Å². The van der Waals surface area contributed by atoms with Crippen molar-refractivity contribution in [1.82, 2.24) is 14.8 Å². The fourth-order valence-corrected chi connectivity index (χ4v) is 6.02. The highest BCUT2D eigenvalue weighted by Gasteiger charge is 2.33. The molecule has 2 aliphatic heterocycles. The molecule has 0 spiro atoms. The number of ether oxygens (including phenoxy) is 1. The number of piperidine rings is 1. The van der Waals surface area contributed by atoms with Crippen molar-refractivity contribution in [2.24, 2.45) is 5.92 Å². The third-order valence-corrected chi connectivity index (χ3v) is 7.95. The summed E-state index contributed by atoms with van der Waals surface area (Å²) in [6, 6.07) is 7.35. The van der Waals surface area contributed by atoms with Crippen molar-refractivity contribution in [2.45, 2.75) is 77.4 Å². The van der Waals surface area contributed by atoms with Crippen molar-refractivity contribution in [3.63, 3.8) is 0 Å². The van der Waals surface area contributed by atoms with Gasteiger partial charge < -0.3 is 9.64 Å². The zero-order valence-corrected chi connectivity index (χ0v) is 20.6. The number of thiazole rings is 1. The summed E-state index contributed by atoms with van der Waals surface area (Å²) in [5, 5.41) is 1.28. The average Bonchev–Trinajstić information content (AvgIpc) is 3.51. The molecule has 3 heterocycles. The van der Waals surface area contributed by atoms with Gasteiger partial charge in [0, 0.05) is 24.1 Å². The number of rotatable bonds is 3. The minimum absolute atomic E-state index is 0.267. The van der Waals surface area contributed by atoms with E-state index < -0.39 is 5.60 Å². The molecule has 0 N–H and O–H groups in total. The van der Waals surface area contributed by atoms with E-state index in [0.717, 1.165) is 29.2 Å². The lowest BCUT2D eigenvalue weighted by molar-refractivity contribution is 0.0327. The Bertz CT molecular complexity index is 1030. The standard InChI is InChI=1S/C26H35N3O2S/c1-17-5-9-22(29(16-17)25(30)31-26(2,3)4)19-6-10-23-21(15-19)27-24(32-23)18-11-13-28(14-12-18)20-7-8-20/h6,9-10,15,17-18,20H,5,7-8,11-14,16H2,1-4H3/t17-/m0/s1. The van der Waals surface area contributed by atoms with Crippen LogP contribution in [0, 0.1) is 5.92 Å². The van der Waals surface area contributed by atoms with Gasteiger partial charge in [0.2, 0.25) is 0 Å². The highest BCUT2D eigenvalue weighted by atomic mass is 32.1. The quantitative estimate of drug-likeness (QED) is 0.550. The van der Waals surface area contributed by atoms with Crippen molar-refractivity contribution in [1.29, 1.82) is 0 Å². The zero-order chi connectivity index (χ0) is 22.5. The zero-order valence-electron chi connectivity index (χ0n) is 19.8. The van der Waals surface area contributed by atoms with Gasteiger partial charge in [-0.2, -0.15) is 0 Å². The first-order valence-corrected chi connectivity index (χ1v) is 12.9. The van der Waals surface area contributed by atoms with Gasteiger partial charge in [0.25, 0.3) is 0 Å². The Balaban J connectivity index is 1.37. The van der Waals surface area contributed by atoms with Crippen LogP contribution in [0.25, 0.3) is 15.9 Å². The summed E-state index contributed by atoms with van der Waals surface area (Å²) in [7, 11) is 0. The van der Waals surface area contributed by atoms with Crippen LogP contribution in [-0.4, -0.2) is 52.2 Å². The average molecular weight is 454 g/mol. The van der Waals surface area contributed by atoms with Gasteiger partial charge >= 0.3 is 6.09 Å². The summed E-state index contributed by atoms with van der Waals surface area (Å²) in [6.07, 6.45) is 8.11. The Hall–Kier alpha value is -1.92. The number of hydrogen-bond acceptors (Lipinski definition) is 5. The van der Waals surface area contributed by atoms with Crippen molar-refractivity contribution in [2.75, 3.05) is 19.6 Å². The first-order valence-electron chi connectivity index (χ1n) is 12.1. The second kappa shape index (κ2) is 8.45. The molecule has 0 radical (unpaired) electrons. The van der Waals surface area contributed by atoms with Gasteiger partial charge in [-0.3, -0.25) is 4.90 Å². The maximum Gasteiger partial charge on any atom is 0.414 e. The number of carbonyl (C=O) groups is 1. The van der Waals surface area contributed by atoms with Crippen molar-refractivity contribution < 1.29 is 9.53 Å². The van der Waals surface area contributed by atoms with Crippen LogP contribution in [0.5, 0.6) is 0 Å². The van der Waals surface area contributed by atoms with Gasteiger partial charge in [-0.1, -0.05) is 19.1 Å². The van der Waals surface area contributed by atoms with Crippen LogP contribution in [0.1, 0.15) is 76.3 Å². The van der Waals surface area contributed by atoms with E-state index in [2.05, 4.69) is 36.1 Å². The number of aromatic nitrogens is 1. The van der Waals surface area contributed by atoms with Gasteiger partial charge in [-0.05, 0) is 84.0 Å². The molecule has 1 saturated carbocycles. The predicted molar refractivity (Wildman–Crippen MR) is 131 cm³/mol. The van der Waals surface area contributed by atoms with E-state index in [1.54, 1.807) is 0 Å². The van der Waals surface area contributed by atoms with Gasteiger partial charge in [0.05, 0.1) is 20.9 Å². The highest BCUT2D eigenvalue weighted by Crippen LogP contribution is 2.38. The van der Waals surface area contributed by atoms with E-state index in [4.69, 9.17) is 9.72 Å². The van der Waals surface area contributed by atoms with Crippen LogP contribution in [0.2, 0.25) is 0 Å². The van der Waals surface area contributed by atoms with Crippen LogP contribution in [0.3, 0.4) is 0 Å². The molecular weight excluding hydrogens is 418 g/mol. The van der Waals surface area contributed by atoms with E-state index in [-0.39, 0.29) is 6.09 Å². The normalized spacial score (nSPS) is 23.4. The molecule has 5 rings (SSSR count). The topological polar surface area (TPSA) is 45.7 Å². The Morgan fingerprint density at radius 3 is 2.59 bits per heavy atom. The van der Waals surface area contributed by atoms with Gasteiger partial charge in [0.15, 0.2) is 0 Å². The van der Waals surface area contributed by atoms with E-state index in [1.807, 2.05) is 37.0 Å². The lowest BCUT2D eigenvalue weighted by Gasteiger charge is -2.33. The summed E-state index contributed by atoms with van der Waals surface area (Å²) in [5.41, 5.74) is 2.55. The minimum Gasteiger partial charge on any atom is -0.443 e. The van der Waals surface area contributed by atoms with E-state index >= 15 is 0 Å². The number of allylic oxidation sites excluding steroid dienone is 1. The Morgan fingerprint density at radius 2 is 1.91 bits per heavy atom. The molecule has 1 amide bonds. The Morgan fingerprint density at radius 1 is 1.16 bits per heavy atom. The molecule has 1 aliphatic carbocycles. The number of hydrogen-bond donors (Lipinski definition) is 0. The van der Waals surface area contributed by atoms with Gasteiger partial charge in [-0.15, -0.1) is 11.3 Å². The molecule has 5 nitrogen and oxygen atoms in total. The number of amides is 1. The Kier molecular flexibility index (Phi) is 5.79. The molecule has 0 bridgehead atoms. The number of benzene rings is 1. The monoisotopic (exact) mass is 453 g/mol. The molecule has 32 heavy (non-hydrogen) atoms. The SMILES string of the molecule is C[C@H]1CC=C(c2ccc3sc(C4CCN(C5CC5)CC4)nc3c2)N(C(=O)OC(C)(C)C)C1. The maximum absolute atomic E-state index is 12.9. The van der Waals surface area contributed by atoms with Gasteiger partial charge in [0.1, 0.15) is 5.60 Å². The number of carbonyl (C=O) groups excluding carboxylic acids is 1. The molecule has 0 unspecified atom stereocenters. The highest BCUT2D eigenvalue weighted by molar-refractivity contribution is 7.18. The van der Waals surface area contributed by atoms with Crippen LogP contribution >= 0.6 is 11.3 Å². The van der Waals surface area contributed by atoms with Crippen LogP contribution < -0.4 is 0 Å². The fourth-order valence-electron chi connectivity index (χ4n) is 4.90. The summed E-state index contributed by atoms with van der Waals surface area (Å²) >= 11 is 1.85. The molecule has 6 heteroatoms. The Labute approximate surface area is 195 Å². The molecule has 172 valence electrons. The third-order valence-electron chi connectivity index (χ3n) is 6.75. The van der Waals surface area contributed by atoms with Crippen molar-refractivity contribution in [3.05, 3.63) is 34.8 Å². The van der Waals surface area contributed by atoms with E-state index in [0.29, 0.717) is 18.4 Å². The minimum atomic E-state index is -0.508. The number of likely N-dealkylation sites (tertiary alicyclic amines) is 1. The maximum atomic E-state index is 12.9. The number of fused-ring (bicyclic) bond motifs is 1. The van der Waals surface area contributed by atoms with Crippen LogP contribution in [0.15, 0.2) is 24.3 Å². The second-order valence-electron chi connectivity index (χ2n) is 10.8. The van der Waals surface area contributed by atoms with Crippen LogP contribution in [0.4, 0.5) is 4.79 Å². The largest absolute Gasteiger partial charge is 0.443 e. The smallest absolute Gasteiger partial charge is 0.414 e. The fraction of sp³-hybridized carbons (Fsp3) is 0.615. The lowest BCUT2D eigenvalue weighted by Crippen LogP contribution is -2.39. The van der Waals surface area contributed by atoms with Gasteiger partial charge in [-0.25, -0.2) is 9.78 Å². The molecule has 3 aliphatic rings. The second-order valence-corrected chi connectivity index (χ2v) is 11.9. The third kappa shape index (κ3) is 4.72. The van der Waals surface area contributed by atoms with Crippen molar-refractivity contribution in [3.8, 4) is 0 Å². The lowest BCUT2D eigenvalue weighted by atomic mass is 9.97. The predicted octanol–water partition coefficient (Wildman–Crippen LogP) is 6.26. The van der Waals surface area contributed by atoms with Crippen LogP contribution in [-0.2, 0) is 4.74 Å². The molecule has 1 saturated heterocycles. The first kappa shape index (κ1) is 21.9. The molecule has 2 aromatic rings. The molecular formula is C26H35N3O2S. The summed E-state index contributed by atoms with van der Waals surface area (Å²) in [6.45, 7) is 11.0.